The van der Waals surface area contributed by atoms with E-state index < -0.39 is 5.91 Å². The second-order valence-electron chi connectivity index (χ2n) is 4.32. The molecule has 0 aliphatic rings. The Morgan fingerprint density at radius 2 is 1.84 bits per heavy atom. The van der Waals surface area contributed by atoms with Crippen LogP contribution in [0.3, 0.4) is 0 Å². The lowest BCUT2D eigenvalue weighted by Gasteiger charge is -1.96. The Kier molecular flexibility index (Phi) is 2.56. The molecule has 3 rings (SSSR count). The van der Waals surface area contributed by atoms with Gasteiger partial charge < -0.3 is 10.7 Å². The maximum atomic E-state index is 12.9. The molecule has 3 aromatic rings. The molecular formula is C15H11FN2O. The highest BCUT2D eigenvalue weighted by Crippen LogP contribution is 2.26. The lowest BCUT2D eigenvalue weighted by Crippen LogP contribution is -2.10. The van der Waals surface area contributed by atoms with Gasteiger partial charge in [-0.15, -0.1) is 0 Å². The largest absolute Gasteiger partial charge is 0.366 e. The smallest absolute Gasteiger partial charge is 0.249 e. The number of H-pyrrole nitrogens is 1. The summed E-state index contributed by atoms with van der Waals surface area (Å²) in [5.74, 6) is -0.743. The predicted molar refractivity (Wildman–Crippen MR) is 72.2 cm³/mol. The summed E-state index contributed by atoms with van der Waals surface area (Å²) in [6.07, 6.45) is 0. The number of aromatic amines is 1. The number of hydrogen-bond donors (Lipinski definition) is 2. The molecule has 0 unspecified atom stereocenters. The third-order valence-electron chi connectivity index (χ3n) is 3.08. The third kappa shape index (κ3) is 1.97. The number of nitrogens with two attached hydrogens (primary N) is 1. The van der Waals surface area contributed by atoms with Gasteiger partial charge in [-0.1, -0.05) is 6.07 Å². The summed E-state index contributed by atoms with van der Waals surface area (Å²) in [5, 5.41) is 0.773. The minimum absolute atomic E-state index is 0.280. The van der Waals surface area contributed by atoms with Crippen molar-refractivity contribution in [2.45, 2.75) is 0 Å². The Bertz CT molecular complexity index is 759. The molecule has 19 heavy (non-hydrogen) atoms. The fraction of sp³-hybridized carbons (Fsp3) is 0. The van der Waals surface area contributed by atoms with E-state index in [-0.39, 0.29) is 5.82 Å². The molecule has 0 bridgehead atoms. The zero-order valence-electron chi connectivity index (χ0n) is 9.98. The van der Waals surface area contributed by atoms with Crippen molar-refractivity contribution >= 4 is 16.8 Å². The molecule has 0 atom stereocenters. The van der Waals surface area contributed by atoms with Crippen LogP contribution in [-0.2, 0) is 0 Å². The van der Waals surface area contributed by atoms with Crippen LogP contribution in [0.15, 0.2) is 48.5 Å². The van der Waals surface area contributed by atoms with Crippen molar-refractivity contribution in [2.24, 2.45) is 5.73 Å². The van der Waals surface area contributed by atoms with E-state index in [0.717, 1.165) is 22.2 Å². The number of carbonyl (C=O) groups excluding carboxylic acids is 1. The number of carbonyl (C=O) groups is 1. The van der Waals surface area contributed by atoms with Crippen molar-refractivity contribution < 1.29 is 9.18 Å². The summed E-state index contributed by atoms with van der Waals surface area (Å²) in [6.45, 7) is 0. The van der Waals surface area contributed by atoms with E-state index in [0.29, 0.717) is 5.56 Å². The Balaban J connectivity index is 2.19. The molecular weight excluding hydrogens is 243 g/mol. The van der Waals surface area contributed by atoms with Gasteiger partial charge in [0.25, 0.3) is 0 Å². The van der Waals surface area contributed by atoms with Gasteiger partial charge in [-0.25, -0.2) is 4.39 Å². The van der Waals surface area contributed by atoms with Crippen molar-refractivity contribution in [1.29, 1.82) is 0 Å². The highest BCUT2D eigenvalue weighted by atomic mass is 19.1. The fourth-order valence-corrected chi connectivity index (χ4v) is 2.16. The zero-order chi connectivity index (χ0) is 13.4. The lowest BCUT2D eigenvalue weighted by atomic mass is 10.1. The minimum Gasteiger partial charge on any atom is -0.366 e. The average Bonchev–Trinajstić information content (AvgIpc) is 2.82. The number of hydrogen-bond acceptors (Lipinski definition) is 1. The molecule has 0 saturated carbocycles. The van der Waals surface area contributed by atoms with Crippen LogP contribution in [0.25, 0.3) is 22.2 Å². The van der Waals surface area contributed by atoms with Crippen LogP contribution in [0.4, 0.5) is 4.39 Å². The van der Waals surface area contributed by atoms with E-state index in [1.54, 1.807) is 24.3 Å². The summed E-state index contributed by atoms with van der Waals surface area (Å²) >= 11 is 0. The standard InChI is InChI=1S/C15H11FN2O/c16-10-6-4-9(5-7-10)14-8-12-11(15(17)19)2-1-3-13(12)18-14/h1-8,18H,(H2,17,19). The van der Waals surface area contributed by atoms with E-state index in [2.05, 4.69) is 4.98 Å². The first-order valence-electron chi connectivity index (χ1n) is 5.82. The number of amides is 1. The van der Waals surface area contributed by atoms with Crippen molar-refractivity contribution in [3.63, 3.8) is 0 Å². The first kappa shape index (κ1) is 11.5. The summed E-state index contributed by atoms with van der Waals surface area (Å²) < 4.78 is 12.9. The van der Waals surface area contributed by atoms with E-state index >= 15 is 0 Å². The van der Waals surface area contributed by atoms with Gasteiger partial charge >= 0.3 is 0 Å². The number of fused-ring (bicyclic) bond motifs is 1. The first-order valence-corrected chi connectivity index (χ1v) is 5.82. The Morgan fingerprint density at radius 3 is 2.53 bits per heavy atom. The van der Waals surface area contributed by atoms with Crippen LogP contribution in [0, 0.1) is 5.82 Å². The van der Waals surface area contributed by atoms with Crippen LogP contribution in [-0.4, -0.2) is 10.9 Å². The lowest BCUT2D eigenvalue weighted by molar-refractivity contribution is 0.100. The molecule has 0 radical (unpaired) electrons. The molecule has 1 heterocycles. The molecule has 0 spiro atoms. The fourth-order valence-electron chi connectivity index (χ4n) is 2.16. The molecule has 0 aliphatic heterocycles. The van der Waals surface area contributed by atoms with Crippen LogP contribution in [0.5, 0.6) is 0 Å². The first-order chi connectivity index (χ1) is 9.15. The molecule has 4 heteroatoms. The van der Waals surface area contributed by atoms with Crippen molar-refractivity contribution in [3.8, 4) is 11.3 Å². The molecule has 0 saturated heterocycles. The second kappa shape index (κ2) is 4.24. The van der Waals surface area contributed by atoms with Crippen molar-refractivity contribution in [3.05, 3.63) is 59.9 Å². The highest BCUT2D eigenvalue weighted by Gasteiger charge is 2.10. The van der Waals surface area contributed by atoms with Crippen LogP contribution in [0.1, 0.15) is 10.4 Å². The Labute approximate surface area is 108 Å². The van der Waals surface area contributed by atoms with E-state index in [1.807, 2.05) is 12.1 Å². The quantitative estimate of drug-likeness (QED) is 0.725. The van der Waals surface area contributed by atoms with E-state index in [4.69, 9.17) is 5.73 Å². The molecule has 0 fully saturated rings. The van der Waals surface area contributed by atoms with Gasteiger partial charge in [0.2, 0.25) is 5.91 Å². The molecule has 2 aromatic carbocycles. The summed E-state index contributed by atoms with van der Waals surface area (Å²) in [7, 11) is 0. The molecule has 94 valence electrons. The van der Waals surface area contributed by atoms with Gasteiger partial charge in [0.05, 0.1) is 0 Å². The molecule has 1 amide bonds. The summed E-state index contributed by atoms with van der Waals surface area (Å²) in [6, 6.07) is 13.3. The number of nitrogens with one attached hydrogen (secondary N) is 1. The van der Waals surface area contributed by atoms with E-state index in [1.165, 1.54) is 12.1 Å². The normalized spacial score (nSPS) is 10.8. The maximum absolute atomic E-state index is 12.9. The zero-order valence-corrected chi connectivity index (χ0v) is 9.98. The Morgan fingerprint density at radius 1 is 1.11 bits per heavy atom. The van der Waals surface area contributed by atoms with Gasteiger partial charge in [-0.2, -0.15) is 0 Å². The number of primary amides is 1. The monoisotopic (exact) mass is 254 g/mol. The topological polar surface area (TPSA) is 58.9 Å². The summed E-state index contributed by atoms with van der Waals surface area (Å²) in [5.41, 5.74) is 8.33. The minimum atomic E-state index is -0.463. The maximum Gasteiger partial charge on any atom is 0.249 e. The second-order valence-corrected chi connectivity index (χ2v) is 4.32. The number of benzene rings is 2. The predicted octanol–water partition coefficient (Wildman–Crippen LogP) is 3.07. The van der Waals surface area contributed by atoms with E-state index in [9.17, 15) is 9.18 Å². The summed E-state index contributed by atoms with van der Waals surface area (Å²) in [4.78, 5) is 14.6. The van der Waals surface area contributed by atoms with Crippen molar-refractivity contribution in [2.75, 3.05) is 0 Å². The van der Waals surface area contributed by atoms with Gasteiger partial charge in [-0.05, 0) is 48.0 Å². The molecule has 3 N–H and O–H groups in total. The van der Waals surface area contributed by atoms with Crippen LogP contribution in [0.2, 0.25) is 0 Å². The average molecular weight is 254 g/mol. The van der Waals surface area contributed by atoms with Gasteiger partial charge in [0.1, 0.15) is 5.82 Å². The van der Waals surface area contributed by atoms with Gasteiger partial charge in [0, 0.05) is 22.2 Å². The van der Waals surface area contributed by atoms with Gasteiger partial charge in [0.15, 0.2) is 0 Å². The highest BCUT2D eigenvalue weighted by molar-refractivity contribution is 6.06. The Hall–Kier alpha value is -2.62. The SMILES string of the molecule is NC(=O)c1cccc2[nH]c(-c3ccc(F)cc3)cc12. The van der Waals surface area contributed by atoms with Crippen LogP contribution < -0.4 is 5.73 Å². The number of halogens is 1. The van der Waals surface area contributed by atoms with Crippen LogP contribution >= 0.6 is 0 Å². The molecule has 3 nitrogen and oxygen atoms in total. The van der Waals surface area contributed by atoms with Gasteiger partial charge in [-0.3, -0.25) is 4.79 Å². The molecule has 1 aromatic heterocycles. The molecule has 0 aliphatic carbocycles. The van der Waals surface area contributed by atoms with Crippen molar-refractivity contribution in [1.82, 2.24) is 4.98 Å². The third-order valence-corrected chi connectivity index (χ3v) is 3.08. The number of rotatable bonds is 2. The number of aromatic nitrogens is 1.